The number of carbonyl (C=O) groups is 1. The highest BCUT2D eigenvalue weighted by Gasteiger charge is 2.38. The smallest absolute Gasteiger partial charge is 0.244 e. The molecule has 3 aromatic rings. The van der Waals surface area contributed by atoms with Crippen LogP contribution >= 0.6 is 0 Å². The monoisotopic (exact) mass is 387 g/mol. The van der Waals surface area contributed by atoms with Gasteiger partial charge in [-0.15, -0.1) is 0 Å². The first-order chi connectivity index (χ1) is 14.0. The number of benzene rings is 1. The number of fused-ring (bicyclic) bond motifs is 2. The molecule has 1 saturated carbocycles. The lowest BCUT2D eigenvalue weighted by Crippen LogP contribution is -2.29. The van der Waals surface area contributed by atoms with E-state index in [0.29, 0.717) is 23.9 Å². The third kappa shape index (κ3) is 3.14. The Kier molecular flexibility index (Phi) is 3.91. The average molecular weight is 387 g/mol. The van der Waals surface area contributed by atoms with Crippen molar-refractivity contribution < 1.29 is 4.79 Å². The van der Waals surface area contributed by atoms with Crippen molar-refractivity contribution in [3.63, 3.8) is 0 Å². The van der Waals surface area contributed by atoms with E-state index in [1.807, 2.05) is 25.2 Å². The number of nitrogens with zero attached hydrogens (tertiary/aromatic N) is 5. The van der Waals surface area contributed by atoms with Gasteiger partial charge in [0, 0.05) is 55.0 Å². The van der Waals surface area contributed by atoms with Gasteiger partial charge in [0.2, 0.25) is 5.91 Å². The molecule has 8 nitrogen and oxygen atoms in total. The number of nitriles is 1. The maximum Gasteiger partial charge on any atom is 0.244 e. The Morgan fingerprint density at radius 2 is 2.14 bits per heavy atom. The fourth-order valence-electron chi connectivity index (χ4n) is 3.94. The highest BCUT2D eigenvalue weighted by atomic mass is 16.2. The molecule has 8 heteroatoms. The molecule has 0 saturated heterocycles. The number of hydrogen-bond donors (Lipinski definition) is 2. The number of nitrogens with two attached hydrogens (primary N) is 1. The second kappa shape index (κ2) is 6.48. The predicted molar refractivity (Wildman–Crippen MR) is 109 cm³/mol. The fraction of sp³-hybridized carbons (Fsp3) is 0.333. The van der Waals surface area contributed by atoms with Crippen LogP contribution in [0.25, 0.3) is 10.8 Å². The van der Waals surface area contributed by atoms with Crippen molar-refractivity contribution >= 4 is 34.0 Å². The number of likely N-dealkylation sites (N-methyl/N-ethyl adjacent to an activating group) is 1. The zero-order chi connectivity index (χ0) is 20.1. The largest absolute Gasteiger partial charge is 0.398 e. The molecule has 3 heterocycles. The van der Waals surface area contributed by atoms with Crippen molar-refractivity contribution in [1.82, 2.24) is 19.7 Å². The van der Waals surface area contributed by atoms with Crippen LogP contribution < -0.4 is 11.1 Å². The van der Waals surface area contributed by atoms with Gasteiger partial charge in [-0.25, -0.2) is 4.98 Å². The van der Waals surface area contributed by atoms with Gasteiger partial charge >= 0.3 is 0 Å². The summed E-state index contributed by atoms with van der Waals surface area (Å²) in [5, 5.41) is 18.8. The summed E-state index contributed by atoms with van der Waals surface area (Å²) in [6.07, 6.45) is 3.42. The minimum absolute atomic E-state index is 0.0565. The molecular weight excluding hydrogens is 366 g/mol. The van der Waals surface area contributed by atoms with Crippen LogP contribution in [0.5, 0.6) is 0 Å². The molecule has 1 amide bonds. The zero-order valence-electron chi connectivity index (χ0n) is 16.1. The lowest BCUT2D eigenvalue weighted by molar-refractivity contribution is -0.130. The number of amides is 1. The van der Waals surface area contributed by atoms with Crippen LogP contribution in [0.1, 0.15) is 23.6 Å². The topological polar surface area (TPSA) is 113 Å². The van der Waals surface area contributed by atoms with Gasteiger partial charge in [-0.05, 0) is 29.5 Å². The number of rotatable bonds is 3. The lowest BCUT2D eigenvalue weighted by atomic mass is 10.0. The number of carbonyl (C=O) groups excluding carboxylic acids is 1. The summed E-state index contributed by atoms with van der Waals surface area (Å²) in [6, 6.07) is 10.3. The first-order valence-electron chi connectivity index (χ1n) is 9.68. The van der Waals surface area contributed by atoms with Gasteiger partial charge in [0.05, 0.1) is 12.0 Å². The summed E-state index contributed by atoms with van der Waals surface area (Å²) in [6.45, 7) is 0.936. The summed E-state index contributed by atoms with van der Waals surface area (Å²) in [5.74, 6) is 1.75. The summed E-state index contributed by atoms with van der Waals surface area (Å²) >= 11 is 0. The molecule has 0 radical (unpaired) electrons. The zero-order valence-corrected chi connectivity index (χ0v) is 16.1. The second-order valence-corrected chi connectivity index (χ2v) is 7.85. The highest BCUT2D eigenvalue weighted by molar-refractivity contribution is 5.94. The van der Waals surface area contributed by atoms with E-state index in [-0.39, 0.29) is 24.3 Å². The van der Waals surface area contributed by atoms with Gasteiger partial charge < -0.3 is 16.0 Å². The average Bonchev–Trinajstić information content (AvgIpc) is 3.43. The first-order valence-corrected chi connectivity index (χ1v) is 9.68. The third-order valence-electron chi connectivity index (χ3n) is 5.81. The van der Waals surface area contributed by atoms with Crippen LogP contribution in [0, 0.1) is 17.2 Å². The van der Waals surface area contributed by atoms with Crippen LogP contribution in [-0.4, -0.2) is 39.2 Å². The van der Waals surface area contributed by atoms with Crippen LogP contribution in [-0.2, 0) is 17.8 Å². The van der Waals surface area contributed by atoms with Crippen LogP contribution in [0.3, 0.4) is 0 Å². The molecule has 3 N–H and O–H groups in total. The van der Waals surface area contributed by atoms with E-state index in [1.165, 1.54) is 0 Å². The minimum Gasteiger partial charge on any atom is -0.398 e. The number of hydrogen-bond acceptors (Lipinski definition) is 6. The minimum atomic E-state index is 0.0565. The summed E-state index contributed by atoms with van der Waals surface area (Å²) in [7, 11) is 1.81. The lowest BCUT2D eigenvalue weighted by Gasteiger charge is -2.12. The molecule has 5 rings (SSSR count). The van der Waals surface area contributed by atoms with E-state index in [0.717, 1.165) is 34.9 Å². The molecule has 2 atom stereocenters. The fourth-order valence-corrected chi connectivity index (χ4v) is 3.94. The molecule has 2 unspecified atom stereocenters. The quantitative estimate of drug-likeness (QED) is 0.667. The molecule has 1 aliphatic heterocycles. The number of nitrogen functional groups attached to an aromatic ring is 1. The van der Waals surface area contributed by atoms with Crippen molar-refractivity contribution in [1.29, 1.82) is 5.26 Å². The van der Waals surface area contributed by atoms with Crippen molar-refractivity contribution in [3.8, 4) is 6.07 Å². The van der Waals surface area contributed by atoms with E-state index >= 15 is 0 Å². The standard InChI is InChI=1S/C21H21N7O/c1-27-3-2-15-8-20(26-28(15)11-21(27)29)25-19-7-13-4-12(16-5-14(16)9-22)6-18(23)17(13)10-24-19/h4,6-8,10,14,16H,2-3,5,11,23H2,1H3,(H,24,25,26). The molecule has 0 spiro atoms. The van der Waals surface area contributed by atoms with Crippen molar-refractivity contribution in [3.05, 3.63) is 41.7 Å². The maximum absolute atomic E-state index is 12.1. The van der Waals surface area contributed by atoms with Gasteiger partial charge in [-0.2, -0.15) is 10.4 Å². The van der Waals surface area contributed by atoms with E-state index in [9.17, 15) is 4.79 Å². The van der Waals surface area contributed by atoms with Gasteiger partial charge in [0.25, 0.3) is 0 Å². The SMILES string of the molecule is CN1CCc2cc(Nc3cc4cc(C5CC5C#N)cc(N)c4cn3)nn2CC1=O. The van der Waals surface area contributed by atoms with Gasteiger partial charge in [0.15, 0.2) is 5.82 Å². The van der Waals surface area contributed by atoms with Crippen LogP contribution in [0.2, 0.25) is 0 Å². The van der Waals surface area contributed by atoms with Gasteiger partial charge in [0.1, 0.15) is 12.4 Å². The number of pyridine rings is 1. The Morgan fingerprint density at radius 3 is 2.93 bits per heavy atom. The Labute approximate surface area is 167 Å². The Hall–Kier alpha value is -3.60. The summed E-state index contributed by atoms with van der Waals surface area (Å²) in [4.78, 5) is 18.3. The molecule has 2 aliphatic rings. The Morgan fingerprint density at radius 1 is 1.28 bits per heavy atom. The molecule has 1 aromatic carbocycles. The van der Waals surface area contributed by atoms with Crippen LogP contribution in [0.15, 0.2) is 30.5 Å². The predicted octanol–water partition coefficient (Wildman–Crippen LogP) is 2.40. The third-order valence-corrected chi connectivity index (χ3v) is 5.81. The normalized spacial score (nSPS) is 20.8. The molecule has 1 fully saturated rings. The Balaban J connectivity index is 1.43. The maximum atomic E-state index is 12.1. The van der Waals surface area contributed by atoms with Crippen LogP contribution in [0.4, 0.5) is 17.3 Å². The number of aromatic nitrogens is 3. The van der Waals surface area contributed by atoms with E-state index in [1.54, 1.807) is 15.8 Å². The van der Waals surface area contributed by atoms with Crippen molar-refractivity contribution in [2.45, 2.75) is 25.3 Å². The number of anilines is 3. The molecular formula is C21H21N7O. The molecule has 0 bridgehead atoms. The number of nitrogens with one attached hydrogen (secondary N) is 1. The Bertz CT molecular complexity index is 1180. The highest BCUT2D eigenvalue weighted by Crippen LogP contribution is 2.48. The molecule has 146 valence electrons. The molecule has 2 aromatic heterocycles. The van der Waals surface area contributed by atoms with E-state index in [4.69, 9.17) is 11.0 Å². The second-order valence-electron chi connectivity index (χ2n) is 7.85. The molecule has 1 aliphatic carbocycles. The first kappa shape index (κ1) is 17.5. The summed E-state index contributed by atoms with van der Waals surface area (Å²) < 4.78 is 1.75. The van der Waals surface area contributed by atoms with E-state index < -0.39 is 0 Å². The van der Waals surface area contributed by atoms with Crippen molar-refractivity contribution in [2.75, 3.05) is 24.6 Å². The summed E-state index contributed by atoms with van der Waals surface area (Å²) in [5.41, 5.74) is 9.03. The van der Waals surface area contributed by atoms with Gasteiger partial charge in [-0.3, -0.25) is 9.48 Å². The van der Waals surface area contributed by atoms with Gasteiger partial charge in [-0.1, -0.05) is 6.07 Å². The van der Waals surface area contributed by atoms with E-state index in [2.05, 4.69) is 27.5 Å². The molecule has 29 heavy (non-hydrogen) atoms. The van der Waals surface area contributed by atoms with Crippen molar-refractivity contribution in [2.24, 2.45) is 5.92 Å².